The summed E-state index contributed by atoms with van der Waals surface area (Å²) in [5.41, 5.74) is 2.18. The molecule has 0 unspecified atom stereocenters. The van der Waals surface area contributed by atoms with Crippen LogP contribution in [0.3, 0.4) is 0 Å². The van der Waals surface area contributed by atoms with Crippen LogP contribution in [0.1, 0.15) is 5.56 Å². The molecule has 0 aliphatic rings. The fourth-order valence-electron chi connectivity index (χ4n) is 2.30. The molecule has 0 saturated heterocycles. The average molecular weight is 421 g/mol. The molecule has 0 aliphatic carbocycles. The van der Waals surface area contributed by atoms with Crippen LogP contribution in [0.4, 0.5) is 0 Å². The van der Waals surface area contributed by atoms with Gasteiger partial charge >= 0.3 is 0 Å². The molecule has 1 heterocycles. The first-order valence-electron chi connectivity index (χ1n) is 7.34. The van der Waals surface area contributed by atoms with Crippen molar-refractivity contribution in [1.29, 1.82) is 0 Å². The van der Waals surface area contributed by atoms with Crippen LogP contribution in [0, 0.1) is 0 Å². The highest BCUT2D eigenvalue weighted by Crippen LogP contribution is 2.28. The molecule has 0 fully saturated rings. The molecule has 0 spiro atoms. The molecule has 122 valence electrons. The summed E-state index contributed by atoms with van der Waals surface area (Å²) in [6.07, 6.45) is 1.85. The highest BCUT2D eigenvalue weighted by Gasteiger charge is 2.14. The van der Waals surface area contributed by atoms with Crippen LogP contribution in [0.15, 0.2) is 70.8 Å². The van der Waals surface area contributed by atoms with E-state index in [0.717, 1.165) is 26.8 Å². The lowest BCUT2D eigenvalue weighted by Gasteiger charge is -2.08. The Morgan fingerprint density at radius 1 is 1.17 bits per heavy atom. The Bertz CT molecular complexity index is 863. The Balaban J connectivity index is 1.87. The summed E-state index contributed by atoms with van der Waals surface area (Å²) >= 11 is 11.3. The van der Waals surface area contributed by atoms with Crippen LogP contribution in [-0.4, -0.2) is 14.8 Å². The lowest BCUT2D eigenvalue weighted by molar-refractivity contribution is 0.731. The lowest BCUT2D eigenvalue weighted by Crippen LogP contribution is -2.00. The zero-order valence-electron chi connectivity index (χ0n) is 12.8. The van der Waals surface area contributed by atoms with Crippen molar-refractivity contribution in [2.75, 3.05) is 0 Å². The van der Waals surface area contributed by atoms with Crippen LogP contribution in [-0.2, 0) is 12.3 Å². The first-order valence-corrected chi connectivity index (χ1v) is 9.50. The zero-order chi connectivity index (χ0) is 16.9. The van der Waals surface area contributed by atoms with Gasteiger partial charge in [-0.15, -0.1) is 16.8 Å². The molecule has 0 amide bonds. The van der Waals surface area contributed by atoms with E-state index in [2.05, 4.69) is 49.4 Å². The fraction of sp³-hybridized carbons (Fsp3) is 0.111. The quantitative estimate of drug-likeness (QED) is 0.371. The van der Waals surface area contributed by atoms with E-state index in [0.29, 0.717) is 11.6 Å². The van der Waals surface area contributed by atoms with Gasteiger partial charge in [0.1, 0.15) is 0 Å². The molecule has 0 aliphatic heterocycles. The molecule has 0 saturated carbocycles. The summed E-state index contributed by atoms with van der Waals surface area (Å²) in [6, 6.07) is 15.9. The number of allylic oxidation sites excluding steroid dienone is 1. The summed E-state index contributed by atoms with van der Waals surface area (Å²) in [7, 11) is 0. The van der Waals surface area contributed by atoms with Crippen LogP contribution in [0.25, 0.3) is 11.4 Å². The van der Waals surface area contributed by atoms with Crippen molar-refractivity contribution in [2.45, 2.75) is 17.5 Å². The van der Waals surface area contributed by atoms with E-state index >= 15 is 0 Å². The Morgan fingerprint density at radius 3 is 2.75 bits per heavy atom. The normalized spacial score (nSPS) is 10.8. The van der Waals surface area contributed by atoms with Gasteiger partial charge in [-0.3, -0.25) is 4.57 Å². The van der Waals surface area contributed by atoms with E-state index in [4.69, 9.17) is 11.6 Å². The van der Waals surface area contributed by atoms with Crippen molar-refractivity contribution in [3.63, 3.8) is 0 Å². The van der Waals surface area contributed by atoms with Gasteiger partial charge in [-0.25, -0.2) is 0 Å². The summed E-state index contributed by atoms with van der Waals surface area (Å²) in [4.78, 5) is 0. The van der Waals surface area contributed by atoms with Gasteiger partial charge in [-0.2, -0.15) is 0 Å². The highest BCUT2D eigenvalue weighted by atomic mass is 79.9. The van der Waals surface area contributed by atoms with Crippen molar-refractivity contribution in [3.05, 3.63) is 76.2 Å². The molecule has 0 bridgehead atoms. The number of nitrogens with zero attached hydrogens (tertiary/aromatic N) is 3. The summed E-state index contributed by atoms with van der Waals surface area (Å²) in [6.45, 7) is 4.49. The number of hydrogen-bond acceptors (Lipinski definition) is 3. The summed E-state index contributed by atoms with van der Waals surface area (Å²) in [5, 5.41) is 10.3. The predicted octanol–water partition coefficient (Wildman–Crippen LogP) is 5.84. The van der Waals surface area contributed by atoms with E-state index in [-0.39, 0.29) is 0 Å². The number of thioether (sulfide) groups is 1. The van der Waals surface area contributed by atoms with Crippen molar-refractivity contribution >= 4 is 39.3 Å². The molecule has 6 heteroatoms. The molecule has 24 heavy (non-hydrogen) atoms. The molecular formula is C18H15BrClN3S. The lowest BCUT2D eigenvalue weighted by atomic mass is 10.2. The third kappa shape index (κ3) is 4.09. The summed E-state index contributed by atoms with van der Waals surface area (Å²) in [5.74, 6) is 1.62. The molecule has 1 aromatic heterocycles. The van der Waals surface area contributed by atoms with Crippen molar-refractivity contribution < 1.29 is 0 Å². The standard InChI is InChI=1S/C18H15BrClN3S/c1-2-9-23-17(14-6-4-8-16(20)11-14)21-22-18(23)24-12-13-5-3-7-15(19)10-13/h2-8,10-11H,1,9,12H2. The van der Waals surface area contributed by atoms with Gasteiger partial charge < -0.3 is 0 Å². The zero-order valence-corrected chi connectivity index (χ0v) is 16.0. The third-order valence-electron chi connectivity index (χ3n) is 3.37. The van der Waals surface area contributed by atoms with E-state index in [1.807, 2.05) is 42.5 Å². The number of halogens is 2. The summed E-state index contributed by atoms with van der Waals surface area (Å²) < 4.78 is 3.13. The maximum absolute atomic E-state index is 6.10. The Morgan fingerprint density at radius 2 is 2.00 bits per heavy atom. The van der Waals surface area contributed by atoms with E-state index in [1.165, 1.54) is 5.56 Å². The van der Waals surface area contributed by atoms with Crippen LogP contribution in [0.2, 0.25) is 5.02 Å². The molecular weight excluding hydrogens is 406 g/mol. The average Bonchev–Trinajstić information content (AvgIpc) is 2.96. The topological polar surface area (TPSA) is 30.7 Å². The number of rotatable bonds is 6. The Hall–Kier alpha value is -1.56. The van der Waals surface area contributed by atoms with Gasteiger partial charge in [-0.1, -0.05) is 69.6 Å². The van der Waals surface area contributed by atoms with Gasteiger partial charge in [-0.05, 0) is 29.8 Å². The molecule has 0 N–H and O–H groups in total. The second-order valence-electron chi connectivity index (χ2n) is 5.13. The number of benzene rings is 2. The van der Waals surface area contributed by atoms with E-state index in [1.54, 1.807) is 11.8 Å². The minimum atomic E-state index is 0.648. The monoisotopic (exact) mass is 419 g/mol. The maximum Gasteiger partial charge on any atom is 0.192 e. The first kappa shape index (κ1) is 17.3. The van der Waals surface area contributed by atoms with Gasteiger partial charge in [0.25, 0.3) is 0 Å². The molecule has 2 aromatic carbocycles. The van der Waals surface area contributed by atoms with Gasteiger partial charge in [0.15, 0.2) is 11.0 Å². The number of hydrogen-bond donors (Lipinski definition) is 0. The molecule has 3 rings (SSSR count). The minimum absolute atomic E-state index is 0.648. The first-order chi connectivity index (χ1) is 11.7. The number of aromatic nitrogens is 3. The van der Waals surface area contributed by atoms with Crippen molar-refractivity contribution in [1.82, 2.24) is 14.8 Å². The minimum Gasteiger partial charge on any atom is -0.298 e. The predicted molar refractivity (Wildman–Crippen MR) is 104 cm³/mol. The second kappa shape index (κ2) is 8.01. The van der Waals surface area contributed by atoms with Gasteiger partial charge in [0, 0.05) is 27.4 Å². The van der Waals surface area contributed by atoms with Crippen molar-refractivity contribution in [3.8, 4) is 11.4 Å². The molecule has 3 nitrogen and oxygen atoms in total. The highest BCUT2D eigenvalue weighted by molar-refractivity contribution is 9.10. The van der Waals surface area contributed by atoms with Crippen LogP contribution in [0.5, 0.6) is 0 Å². The maximum atomic E-state index is 6.10. The Kier molecular flexibility index (Phi) is 5.76. The van der Waals surface area contributed by atoms with E-state index < -0.39 is 0 Å². The molecule has 3 aromatic rings. The van der Waals surface area contributed by atoms with Gasteiger partial charge in [0.05, 0.1) is 0 Å². The van der Waals surface area contributed by atoms with Gasteiger partial charge in [0.2, 0.25) is 0 Å². The van der Waals surface area contributed by atoms with Crippen molar-refractivity contribution in [2.24, 2.45) is 0 Å². The smallest absolute Gasteiger partial charge is 0.192 e. The SMILES string of the molecule is C=CCn1c(SCc2cccc(Br)c2)nnc1-c1cccc(Cl)c1. The molecule has 0 radical (unpaired) electrons. The Labute approximate surface area is 158 Å². The van der Waals surface area contributed by atoms with E-state index in [9.17, 15) is 0 Å². The largest absolute Gasteiger partial charge is 0.298 e. The second-order valence-corrected chi connectivity index (χ2v) is 7.43. The van der Waals surface area contributed by atoms with Crippen LogP contribution >= 0.6 is 39.3 Å². The van der Waals surface area contributed by atoms with Crippen LogP contribution < -0.4 is 0 Å². The molecule has 0 atom stereocenters. The third-order valence-corrected chi connectivity index (χ3v) is 5.13. The fourth-order valence-corrected chi connectivity index (χ4v) is 3.83.